The van der Waals surface area contributed by atoms with Gasteiger partial charge in [-0.2, -0.15) is 21.6 Å². The third-order valence-electron chi connectivity index (χ3n) is 3.22. The molecule has 1 aromatic carbocycles. The van der Waals surface area contributed by atoms with E-state index in [1.54, 1.807) is 20.8 Å². The summed E-state index contributed by atoms with van der Waals surface area (Å²) in [5.41, 5.74) is -7.93. The molecule has 2 N–H and O–H groups in total. The van der Waals surface area contributed by atoms with Gasteiger partial charge >= 0.3 is 27.7 Å². The number of alkyl halides is 3. The SMILES string of the molecule is CC(C)(C)OC(=O)NC(C)(Cc1ccc(OS(=O)(=O)C(F)(F)F)cc1)C(=O)O. The van der Waals surface area contributed by atoms with Gasteiger partial charge in [-0.05, 0) is 45.4 Å². The molecule has 0 aromatic heterocycles. The fraction of sp³-hybridized carbons (Fsp3) is 0.500. The fourth-order valence-corrected chi connectivity index (χ4v) is 2.41. The fourth-order valence-electron chi connectivity index (χ4n) is 1.95. The van der Waals surface area contributed by atoms with Crippen LogP contribution in [0.15, 0.2) is 24.3 Å². The molecule has 1 unspecified atom stereocenters. The number of hydrogen-bond donors (Lipinski definition) is 2. The highest BCUT2D eigenvalue weighted by Crippen LogP contribution is 2.27. The van der Waals surface area contributed by atoms with Crippen LogP contribution >= 0.6 is 0 Å². The maximum absolute atomic E-state index is 12.3. The molecular weight excluding hydrogens is 407 g/mol. The first-order valence-electron chi connectivity index (χ1n) is 7.79. The molecule has 28 heavy (non-hydrogen) atoms. The van der Waals surface area contributed by atoms with Gasteiger partial charge in [0.2, 0.25) is 0 Å². The number of nitrogens with one attached hydrogen (secondary N) is 1. The van der Waals surface area contributed by atoms with Gasteiger partial charge in [-0.15, -0.1) is 0 Å². The van der Waals surface area contributed by atoms with Crippen LogP contribution in [0.4, 0.5) is 18.0 Å². The minimum atomic E-state index is -5.81. The van der Waals surface area contributed by atoms with Gasteiger partial charge in [-0.3, -0.25) is 0 Å². The van der Waals surface area contributed by atoms with E-state index in [2.05, 4.69) is 9.50 Å². The molecule has 1 atom stereocenters. The van der Waals surface area contributed by atoms with Crippen LogP contribution in [0.2, 0.25) is 0 Å². The first-order valence-corrected chi connectivity index (χ1v) is 9.20. The molecule has 1 aromatic rings. The number of alkyl carbamates (subject to hydrolysis) is 1. The molecular formula is C16H20F3NO7S. The topological polar surface area (TPSA) is 119 Å². The van der Waals surface area contributed by atoms with E-state index in [4.69, 9.17) is 4.74 Å². The summed E-state index contributed by atoms with van der Waals surface area (Å²) >= 11 is 0. The van der Waals surface area contributed by atoms with Crippen LogP contribution < -0.4 is 9.50 Å². The second-order valence-electron chi connectivity index (χ2n) is 7.07. The van der Waals surface area contributed by atoms with Crippen molar-refractivity contribution in [2.24, 2.45) is 0 Å². The summed E-state index contributed by atoms with van der Waals surface area (Å²) in [6.45, 7) is 6.01. The average molecular weight is 427 g/mol. The first kappa shape index (κ1) is 23.5. The van der Waals surface area contributed by atoms with Crippen LogP contribution in [-0.4, -0.2) is 42.2 Å². The maximum atomic E-state index is 12.3. The van der Waals surface area contributed by atoms with E-state index < -0.39 is 44.6 Å². The molecule has 158 valence electrons. The summed E-state index contributed by atoms with van der Waals surface area (Å²) in [4.78, 5) is 23.5. The summed E-state index contributed by atoms with van der Waals surface area (Å²) in [5.74, 6) is -1.98. The number of carboxylic acid groups (broad SMARTS) is 1. The number of ether oxygens (including phenoxy) is 1. The van der Waals surface area contributed by atoms with Crippen LogP contribution in [0.1, 0.15) is 33.3 Å². The van der Waals surface area contributed by atoms with Gasteiger partial charge in [-0.25, -0.2) is 9.59 Å². The lowest BCUT2D eigenvalue weighted by Gasteiger charge is -2.28. The summed E-state index contributed by atoms with van der Waals surface area (Å²) < 4.78 is 67.9. The van der Waals surface area contributed by atoms with E-state index in [0.29, 0.717) is 0 Å². The normalized spacial score (nSPS) is 14.7. The Morgan fingerprint density at radius 3 is 1.96 bits per heavy atom. The Morgan fingerprint density at radius 2 is 1.57 bits per heavy atom. The Balaban J connectivity index is 2.95. The summed E-state index contributed by atoms with van der Waals surface area (Å²) in [5, 5.41) is 11.7. The zero-order valence-corrected chi connectivity index (χ0v) is 16.3. The lowest BCUT2D eigenvalue weighted by molar-refractivity contribution is -0.144. The van der Waals surface area contributed by atoms with Crippen LogP contribution in [0.3, 0.4) is 0 Å². The number of hydrogen-bond acceptors (Lipinski definition) is 6. The van der Waals surface area contributed by atoms with Crippen molar-refractivity contribution in [3.05, 3.63) is 29.8 Å². The van der Waals surface area contributed by atoms with E-state index in [9.17, 15) is 36.3 Å². The van der Waals surface area contributed by atoms with E-state index in [1.807, 2.05) is 0 Å². The van der Waals surface area contributed by atoms with E-state index in [-0.39, 0.29) is 12.0 Å². The number of benzene rings is 1. The van der Waals surface area contributed by atoms with E-state index in [1.165, 1.54) is 19.1 Å². The molecule has 12 heteroatoms. The Morgan fingerprint density at radius 1 is 1.07 bits per heavy atom. The van der Waals surface area contributed by atoms with Gasteiger partial charge in [0.15, 0.2) is 0 Å². The first-order chi connectivity index (χ1) is 12.5. The van der Waals surface area contributed by atoms with Crippen molar-refractivity contribution >= 4 is 22.2 Å². The van der Waals surface area contributed by atoms with Crippen molar-refractivity contribution in [1.82, 2.24) is 5.32 Å². The lowest BCUT2D eigenvalue weighted by atomic mass is 9.93. The lowest BCUT2D eigenvalue weighted by Crippen LogP contribution is -2.54. The molecule has 1 amide bonds. The molecule has 8 nitrogen and oxygen atoms in total. The zero-order chi connectivity index (χ0) is 22.0. The van der Waals surface area contributed by atoms with Gasteiger partial charge in [-0.1, -0.05) is 12.1 Å². The number of carboxylic acids is 1. The number of halogens is 3. The zero-order valence-electron chi connectivity index (χ0n) is 15.5. The van der Waals surface area contributed by atoms with Gasteiger partial charge < -0.3 is 19.3 Å². The molecule has 0 spiro atoms. The van der Waals surface area contributed by atoms with Crippen molar-refractivity contribution < 1.29 is 45.2 Å². The molecule has 0 heterocycles. The molecule has 1 rings (SSSR count). The van der Waals surface area contributed by atoms with Crippen molar-refractivity contribution in [3.63, 3.8) is 0 Å². The molecule has 0 radical (unpaired) electrons. The van der Waals surface area contributed by atoms with Crippen LogP contribution in [0.25, 0.3) is 0 Å². The van der Waals surface area contributed by atoms with Gasteiger partial charge in [0.05, 0.1) is 0 Å². The number of rotatable bonds is 6. The highest BCUT2D eigenvalue weighted by Gasteiger charge is 2.48. The second kappa shape index (κ2) is 7.86. The molecule has 0 saturated heterocycles. The quantitative estimate of drug-likeness (QED) is 0.529. The minimum Gasteiger partial charge on any atom is -0.480 e. The monoisotopic (exact) mass is 427 g/mol. The molecule has 0 bridgehead atoms. The Kier molecular flexibility index (Phi) is 6.60. The Hall–Kier alpha value is -2.50. The second-order valence-corrected chi connectivity index (χ2v) is 8.61. The maximum Gasteiger partial charge on any atom is 0.534 e. The summed E-state index contributed by atoms with van der Waals surface area (Å²) in [6, 6.07) is 4.24. The minimum absolute atomic E-state index is 0.256. The van der Waals surface area contributed by atoms with E-state index in [0.717, 1.165) is 12.1 Å². The largest absolute Gasteiger partial charge is 0.534 e. The molecule has 0 saturated carbocycles. The van der Waals surface area contributed by atoms with Gasteiger partial charge in [0, 0.05) is 6.42 Å². The number of aliphatic carboxylic acids is 1. The molecule has 0 aliphatic rings. The van der Waals surface area contributed by atoms with Crippen LogP contribution in [0, 0.1) is 0 Å². The smallest absolute Gasteiger partial charge is 0.480 e. The summed E-state index contributed by atoms with van der Waals surface area (Å²) in [6.07, 6.45) is -1.22. The summed E-state index contributed by atoms with van der Waals surface area (Å²) in [7, 11) is -5.81. The Bertz CT molecular complexity index is 829. The highest BCUT2D eigenvalue weighted by molar-refractivity contribution is 7.88. The number of carbonyl (C=O) groups excluding carboxylic acids is 1. The average Bonchev–Trinajstić information content (AvgIpc) is 2.45. The Labute approximate surface area is 159 Å². The van der Waals surface area contributed by atoms with Crippen molar-refractivity contribution in [1.29, 1.82) is 0 Å². The van der Waals surface area contributed by atoms with Crippen LogP contribution in [-0.2, 0) is 26.1 Å². The van der Waals surface area contributed by atoms with Gasteiger partial charge in [0.1, 0.15) is 16.9 Å². The third-order valence-corrected chi connectivity index (χ3v) is 4.20. The molecule has 0 aliphatic heterocycles. The van der Waals surface area contributed by atoms with Crippen LogP contribution in [0.5, 0.6) is 5.75 Å². The molecule has 0 aliphatic carbocycles. The standard InChI is InChI=1S/C16H20F3NO7S/c1-14(2,3)26-13(23)20-15(4,12(21)22)9-10-5-7-11(8-6-10)27-28(24,25)16(17,18)19/h5-8H,9H2,1-4H3,(H,20,23)(H,21,22). The van der Waals surface area contributed by atoms with Gasteiger partial charge in [0.25, 0.3) is 0 Å². The molecule has 0 fully saturated rings. The van der Waals surface area contributed by atoms with Crippen molar-refractivity contribution in [2.75, 3.05) is 0 Å². The predicted molar refractivity (Wildman–Crippen MR) is 91.2 cm³/mol. The number of carbonyl (C=O) groups is 2. The van der Waals surface area contributed by atoms with E-state index >= 15 is 0 Å². The predicted octanol–water partition coefficient (Wildman–Crippen LogP) is 2.83. The van der Waals surface area contributed by atoms with Crippen molar-refractivity contribution in [2.45, 2.75) is 50.8 Å². The third kappa shape index (κ3) is 6.59. The number of amides is 1. The van der Waals surface area contributed by atoms with Crippen molar-refractivity contribution in [3.8, 4) is 5.75 Å². The highest BCUT2D eigenvalue weighted by atomic mass is 32.2.